The van der Waals surface area contributed by atoms with Crippen LogP contribution in [0.1, 0.15) is 0 Å². The predicted octanol–water partition coefficient (Wildman–Crippen LogP) is 6.98. The summed E-state index contributed by atoms with van der Waals surface area (Å²) < 4.78 is 18.0. The highest BCUT2D eigenvalue weighted by molar-refractivity contribution is 7.85. The molecule has 1 atom stereocenters. The quantitative estimate of drug-likeness (QED) is 0.187. The number of benzene rings is 5. The van der Waals surface area contributed by atoms with Crippen molar-refractivity contribution in [3.63, 3.8) is 0 Å². The molecule has 0 spiro atoms. The molecular formula is C34H22N3OP. The van der Waals surface area contributed by atoms with E-state index in [1.54, 1.807) is 6.20 Å². The summed E-state index contributed by atoms with van der Waals surface area (Å²) in [4.78, 5) is 9.73. The van der Waals surface area contributed by atoms with E-state index in [0.29, 0.717) is 0 Å². The average molecular weight is 520 g/mol. The zero-order valence-corrected chi connectivity index (χ0v) is 21.8. The van der Waals surface area contributed by atoms with Gasteiger partial charge < -0.3 is 4.57 Å². The highest BCUT2D eigenvalue weighted by Crippen LogP contribution is 2.46. The molecule has 3 heterocycles. The van der Waals surface area contributed by atoms with E-state index in [2.05, 4.69) is 46.9 Å². The van der Waals surface area contributed by atoms with E-state index < -0.39 is 7.14 Å². The number of hydrogen-bond acceptors (Lipinski definition) is 3. The minimum atomic E-state index is -3.34. The lowest BCUT2D eigenvalue weighted by molar-refractivity contribution is 0.592. The third-order valence-corrected chi connectivity index (χ3v) is 10.7. The third-order valence-electron chi connectivity index (χ3n) is 7.70. The van der Waals surface area contributed by atoms with Gasteiger partial charge in [-0.2, -0.15) is 0 Å². The van der Waals surface area contributed by atoms with Crippen LogP contribution in [0.3, 0.4) is 0 Å². The SMILES string of the molecule is O=P(c1ccccc1)(c1ccc2ccccc2c1)c1cncc2c1c1ccccc1n1c3ccccc3nc21. The van der Waals surface area contributed by atoms with Gasteiger partial charge in [0.05, 0.1) is 16.6 Å². The highest BCUT2D eigenvalue weighted by Gasteiger charge is 2.33. The van der Waals surface area contributed by atoms with Crippen molar-refractivity contribution in [2.75, 3.05) is 0 Å². The average Bonchev–Trinajstić information content (AvgIpc) is 3.41. The highest BCUT2D eigenvalue weighted by atomic mass is 31.2. The standard InChI is InChI=1S/C34H22N3OP/c38-39(25-12-2-1-3-13-25,26-19-18-23-10-4-5-11-24(23)20-26)32-22-35-21-28-33(32)27-14-6-8-16-30(27)37-31-17-9-7-15-29(31)36-34(28)37/h1-22H. The second-order valence-corrected chi connectivity index (χ2v) is 12.6. The van der Waals surface area contributed by atoms with Crippen molar-refractivity contribution in [1.29, 1.82) is 0 Å². The van der Waals surface area contributed by atoms with E-state index in [1.807, 2.05) is 85.1 Å². The molecule has 8 aromatic rings. The largest absolute Gasteiger partial charge is 0.309 e. The topological polar surface area (TPSA) is 47.3 Å². The van der Waals surface area contributed by atoms with Gasteiger partial charge in [-0.25, -0.2) is 4.98 Å². The van der Waals surface area contributed by atoms with Gasteiger partial charge in [0.15, 0.2) is 7.14 Å². The minimum Gasteiger partial charge on any atom is -0.309 e. The molecule has 0 bridgehead atoms. The van der Waals surface area contributed by atoms with Gasteiger partial charge in [0.25, 0.3) is 0 Å². The molecule has 39 heavy (non-hydrogen) atoms. The van der Waals surface area contributed by atoms with Crippen LogP contribution in [-0.2, 0) is 4.57 Å². The number of para-hydroxylation sites is 3. The van der Waals surface area contributed by atoms with E-state index in [1.165, 1.54) is 0 Å². The number of pyridine rings is 2. The smallest absolute Gasteiger partial charge is 0.173 e. The number of fused-ring (bicyclic) bond motifs is 9. The van der Waals surface area contributed by atoms with Crippen LogP contribution in [0, 0.1) is 0 Å². The van der Waals surface area contributed by atoms with Crippen LogP contribution in [0.25, 0.3) is 49.1 Å². The summed E-state index contributed by atoms with van der Waals surface area (Å²) in [7, 11) is -3.34. The lowest BCUT2D eigenvalue weighted by Gasteiger charge is -2.23. The Labute approximate surface area is 224 Å². The lowest BCUT2D eigenvalue weighted by atomic mass is 10.1. The Kier molecular flexibility index (Phi) is 4.76. The van der Waals surface area contributed by atoms with Gasteiger partial charge in [-0.1, -0.05) is 97.1 Å². The van der Waals surface area contributed by atoms with Crippen molar-refractivity contribution in [2.24, 2.45) is 0 Å². The molecule has 0 saturated heterocycles. The summed E-state index contributed by atoms with van der Waals surface area (Å²) in [6.07, 6.45) is 3.67. The molecule has 0 aliphatic rings. The van der Waals surface area contributed by atoms with E-state index in [4.69, 9.17) is 9.97 Å². The Hall–Kier alpha value is -4.79. The molecule has 0 saturated carbocycles. The fourth-order valence-electron chi connectivity index (χ4n) is 5.91. The number of hydrogen-bond donors (Lipinski definition) is 0. The van der Waals surface area contributed by atoms with Crippen LogP contribution in [0.2, 0.25) is 0 Å². The second kappa shape index (κ2) is 8.36. The van der Waals surface area contributed by atoms with Crippen LogP contribution >= 0.6 is 7.14 Å². The van der Waals surface area contributed by atoms with Crippen molar-refractivity contribution < 1.29 is 4.57 Å². The Morgan fingerprint density at radius 2 is 1.31 bits per heavy atom. The fourth-order valence-corrected chi connectivity index (χ4v) is 8.75. The number of rotatable bonds is 3. The first-order chi connectivity index (χ1) is 19.2. The van der Waals surface area contributed by atoms with E-state index in [9.17, 15) is 0 Å². The molecule has 5 heteroatoms. The summed E-state index contributed by atoms with van der Waals surface area (Å²) in [6.45, 7) is 0. The first-order valence-electron chi connectivity index (χ1n) is 12.9. The molecular weight excluding hydrogens is 497 g/mol. The third kappa shape index (κ3) is 3.16. The lowest BCUT2D eigenvalue weighted by Crippen LogP contribution is -2.26. The first-order valence-corrected chi connectivity index (χ1v) is 14.7. The zero-order chi connectivity index (χ0) is 26.0. The Bertz CT molecular complexity index is 2270. The van der Waals surface area contributed by atoms with Crippen LogP contribution in [0.5, 0.6) is 0 Å². The molecule has 3 aromatic heterocycles. The summed E-state index contributed by atoms with van der Waals surface area (Å²) in [5.41, 5.74) is 3.80. The van der Waals surface area contributed by atoms with E-state index in [0.717, 1.165) is 65.0 Å². The summed E-state index contributed by atoms with van der Waals surface area (Å²) in [5.74, 6) is 0. The maximum atomic E-state index is 15.8. The summed E-state index contributed by atoms with van der Waals surface area (Å²) in [5, 5.41) is 7.33. The van der Waals surface area contributed by atoms with Crippen LogP contribution in [-0.4, -0.2) is 14.4 Å². The van der Waals surface area contributed by atoms with Crippen LogP contribution in [0.15, 0.2) is 134 Å². The first kappa shape index (κ1) is 22.2. The molecule has 1 unspecified atom stereocenters. The predicted molar refractivity (Wildman–Crippen MR) is 162 cm³/mol. The Balaban J connectivity index is 1.57. The molecule has 0 aliphatic carbocycles. The Morgan fingerprint density at radius 1 is 0.590 bits per heavy atom. The molecule has 0 aliphatic heterocycles. The van der Waals surface area contributed by atoms with Crippen molar-refractivity contribution in [3.8, 4) is 0 Å². The number of imidazole rings is 1. The van der Waals surface area contributed by atoms with E-state index >= 15 is 4.57 Å². The maximum Gasteiger partial charge on any atom is 0.173 e. The molecule has 184 valence electrons. The van der Waals surface area contributed by atoms with Crippen LogP contribution in [0.4, 0.5) is 0 Å². The molecule has 0 amide bonds. The van der Waals surface area contributed by atoms with Crippen molar-refractivity contribution in [1.82, 2.24) is 14.4 Å². The summed E-state index contributed by atoms with van der Waals surface area (Å²) >= 11 is 0. The van der Waals surface area contributed by atoms with E-state index in [-0.39, 0.29) is 0 Å². The van der Waals surface area contributed by atoms with Gasteiger partial charge in [-0.3, -0.25) is 9.38 Å². The normalized spacial score (nSPS) is 13.4. The Morgan fingerprint density at radius 3 is 2.18 bits per heavy atom. The number of nitrogens with zero attached hydrogens (tertiary/aromatic N) is 3. The molecule has 5 aromatic carbocycles. The van der Waals surface area contributed by atoms with Gasteiger partial charge in [-0.15, -0.1) is 0 Å². The molecule has 0 radical (unpaired) electrons. The zero-order valence-electron chi connectivity index (χ0n) is 20.9. The van der Waals surface area contributed by atoms with Gasteiger partial charge in [0.1, 0.15) is 5.65 Å². The molecule has 0 N–H and O–H groups in total. The monoisotopic (exact) mass is 519 g/mol. The van der Waals surface area contributed by atoms with Gasteiger partial charge >= 0.3 is 0 Å². The number of aromatic nitrogens is 3. The maximum absolute atomic E-state index is 15.8. The van der Waals surface area contributed by atoms with Crippen molar-refractivity contribution in [2.45, 2.75) is 0 Å². The second-order valence-electron chi connectivity index (χ2n) is 9.83. The molecule has 8 rings (SSSR count). The van der Waals surface area contributed by atoms with Gasteiger partial charge in [-0.05, 0) is 35.0 Å². The molecule has 4 nitrogen and oxygen atoms in total. The van der Waals surface area contributed by atoms with Crippen LogP contribution < -0.4 is 15.9 Å². The summed E-state index contributed by atoms with van der Waals surface area (Å²) in [6, 6.07) is 40.7. The minimum absolute atomic E-state index is 0.729. The van der Waals surface area contributed by atoms with Gasteiger partial charge in [0.2, 0.25) is 0 Å². The van der Waals surface area contributed by atoms with Gasteiger partial charge in [0, 0.05) is 44.5 Å². The van der Waals surface area contributed by atoms with Crippen molar-refractivity contribution in [3.05, 3.63) is 134 Å². The fraction of sp³-hybridized carbons (Fsp3) is 0. The molecule has 0 fully saturated rings. The van der Waals surface area contributed by atoms with Crippen molar-refractivity contribution >= 4 is 72.2 Å².